The van der Waals surface area contributed by atoms with Crippen LogP contribution in [0, 0.1) is 0 Å². The normalized spacial score (nSPS) is 11.9. The van der Waals surface area contributed by atoms with E-state index in [0.717, 1.165) is 0 Å². The Balaban J connectivity index is 4.05. The van der Waals surface area contributed by atoms with Gasteiger partial charge in [-0.3, -0.25) is 8.37 Å². The maximum Gasteiger partial charge on any atom is 0.333 e. The van der Waals surface area contributed by atoms with E-state index in [2.05, 4.69) is 17.8 Å². The summed E-state index contributed by atoms with van der Waals surface area (Å²) in [6.07, 6.45) is -0.0414. The van der Waals surface area contributed by atoms with Gasteiger partial charge < -0.3 is 9.47 Å². The highest BCUT2D eigenvalue weighted by Gasteiger charge is 2.17. The first-order valence-corrected chi connectivity index (χ1v) is 10.3. The molecule has 0 aliphatic heterocycles. The summed E-state index contributed by atoms with van der Waals surface area (Å²) >= 11 is 0. The molecule has 0 saturated heterocycles. The van der Waals surface area contributed by atoms with E-state index >= 15 is 0 Å². The first-order chi connectivity index (χ1) is 11.1. The lowest BCUT2D eigenvalue weighted by Crippen LogP contribution is -2.20. The minimum atomic E-state index is -3.96. The van der Waals surface area contributed by atoms with E-state index < -0.39 is 56.9 Å². The molecule has 0 saturated carbocycles. The Morgan fingerprint density at radius 1 is 0.708 bits per heavy atom. The third-order valence-electron chi connectivity index (χ3n) is 2.36. The van der Waals surface area contributed by atoms with Crippen LogP contribution in [0.4, 0.5) is 0 Å². The van der Waals surface area contributed by atoms with Gasteiger partial charge in [-0.25, -0.2) is 9.59 Å². The largest absolute Gasteiger partial charge is 0.464 e. The van der Waals surface area contributed by atoms with Crippen molar-refractivity contribution in [1.29, 1.82) is 0 Å². The van der Waals surface area contributed by atoms with Crippen LogP contribution in [0.25, 0.3) is 0 Å². The van der Waals surface area contributed by atoms with Crippen molar-refractivity contribution in [2.24, 2.45) is 0 Å². The first kappa shape index (κ1) is 22.8. The van der Waals surface area contributed by atoms with Crippen LogP contribution in [0.2, 0.25) is 0 Å². The van der Waals surface area contributed by atoms with Gasteiger partial charge in [0, 0.05) is 0 Å². The average Bonchev–Trinajstić information content (AvgIpc) is 2.49. The van der Waals surface area contributed by atoms with E-state index in [4.69, 9.17) is 0 Å². The van der Waals surface area contributed by atoms with Crippen molar-refractivity contribution < 1.29 is 44.3 Å². The minimum Gasteiger partial charge on any atom is -0.464 e. The predicted molar refractivity (Wildman–Crippen MR) is 82.0 cm³/mol. The van der Waals surface area contributed by atoms with Gasteiger partial charge >= 0.3 is 11.9 Å². The maximum absolute atomic E-state index is 11.5. The van der Waals surface area contributed by atoms with Crippen LogP contribution in [0.5, 0.6) is 0 Å². The van der Waals surface area contributed by atoms with Gasteiger partial charge in [0.1, 0.15) is 0 Å². The van der Waals surface area contributed by atoms with Gasteiger partial charge in [0.25, 0.3) is 20.2 Å². The second-order valence-corrected chi connectivity index (χ2v) is 7.88. The topological polar surface area (TPSA) is 139 Å². The molecule has 0 aliphatic carbocycles. The fraction of sp³-hybridized carbons (Fsp3) is 0.833. The van der Waals surface area contributed by atoms with Gasteiger partial charge in [-0.05, 0) is 26.7 Å². The van der Waals surface area contributed by atoms with Crippen molar-refractivity contribution in [2.45, 2.75) is 26.7 Å². The summed E-state index contributed by atoms with van der Waals surface area (Å²) in [7, 11) is -7.91. The van der Waals surface area contributed by atoms with E-state index in [1.165, 1.54) is 0 Å². The molecule has 0 aromatic heterocycles. The zero-order valence-electron chi connectivity index (χ0n) is 13.6. The van der Waals surface area contributed by atoms with Gasteiger partial charge in [-0.15, -0.1) is 0 Å². The quantitative estimate of drug-likeness (QED) is 0.231. The number of ether oxygens (including phenoxy) is 2. The van der Waals surface area contributed by atoms with Crippen molar-refractivity contribution in [3.05, 3.63) is 0 Å². The van der Waals surface area contributed by atoms with Crippen LogP contribution >= 0.6 is 0 Å². The Morgan fingerprint density at radius 2 is 1.04 bits per heavy atom. The molecule has 0 amide bonds. The number of esters is 2. The monoisotopic (exact) mass is 390 g/mol. The first-order valence-electron chi connectivity index (χ1n) is 7.17. The van der Waals surface area contributed by atoms with Crippen LogP contribution < -0.4 is 0 Å². The molecule has 0 aromatic carbocycles. The lowest BCUT2D eigenvalue weighted by Gasteiger charge is -2.06. The van der Waals surface area contributed by atoms with E-state index in [-0.39, 0.29) is 26.1 Å². The van der Waals surface area contributed by atoms with E-state index in [0.29, 0.717) is 0 Å². The number of hydrogen-bond acceptors (Lipinski definition) is 10. The second kappa shape index (κ2) is 11.3. The molecule has 0 bridgehead atoms. The Hall–Kier alpha value is -1.24. The maximum atomic E-state index is 11.5. The molecule has 0 aromatic rings. The summed E-state index contributed by atoms with van der Waals surface area (Å²) in [6, 6.07) is 0. The highest BCUT2D eigenvalue weighted by molar-refractivity contribution is 7.87. The third kappa shape index (κ3) is 12.2. The summed E-state index contributed by atoms with van der Waals surface area (Å²) in [5.41, 5.74) is 0. The molecular formula is C12H22O10S2. The third-order valence-corrected chi connectivity index (χ3v) is 4.89. The van der Waals surface area contributed by atoms with Crippen molar-refractivity contribution in [3.8, 4) is 0 Å². The smallest absolute Gasteiger partial charge is 0.333 e. The fourth-order valence-corrected chi connectivity index (χ4v) is 3.26. The molecular weight excluding hydrogens is 368 g/mol. The molecule has 0 heterocycles. The highest BCUT2D eigenvalue weighted by atomic mass is 32.2. The number of unbranched alkanes of at least 4 members (excludes halogenated alkanes) is 1. The van der Waals surface area contributed by atoms with Crippen LogP contribution in [0.3, 0.4) is 0 Å². The van der Waals surface area contributed by atoms with Gasteiger partial charge in [0.15, 0.2) is 13.2 Å². The number of carbonyl (C=O) groups is 2. The fourth-order valence-electron chi connectivity index (χ4n) is 1.36. The van der Waals surface area contributed by atoms with E-state index in [1.54, 1.807) is 13.8 Å². The molecule has 0 spiro atoms. The minimum absolute atomic E-state index is 0.0207. The number of rotatable bonds is 13. The Kier molecular flexibility index (Phi) is 10.8. The van der Waals surface area contributed by atoms with Crippen LogP contribution in [-0.4, -0.2) is 66.7 Å². The molecule has 0 aliphatic rings. The van der Waals surface area contributed by atoms with Crippen LogP contribution in [0.15, 0.2) is 0 Å². The summed E-state index contributed by atoms with van der Waals surface area (Å²) in [5, 5.41) is 0. The van der Waals surface area contributed by atoms with Crippen LogP contribution in [-0.2, 0) is 47.7 Å². The summed E-state index contributed by atoms with van der Waals surface area (Å²) in [6.45, 7) is 1.89. The van der Waals surface area contributed by atoms with E-state index in [9.17, 15) is 26.4 Å². The molecule has 0 atom stereocenters. The van der Waals surface area contributed by atoms with Crippen molar-refractivity contribution in [2.75, 3.05) is 37.9 Å². The zero-order valence-corrected chi connectivity index (χ0v) is 15.2. The lowest BCUT2D eigenvalue weighted by molar-refractivity contribution is -0.146. The van der Waals surface area contributed by atoms with Gasteiger partial charge in [-0.2, -0.15) is 16.8 Å². The average molecular weight is 390 g/mol. The highest BCUT2D eigenvalue weighted by Crippen LogP contribution is 2.04. The Labute approximate surface area is 141 Å². The summed E-state index contributed by atoms with van der Waals surface area (Å²) in [5.74, 6) is -2.54. The molecule has 12 heteroatoms. The summed E-state index contributed by atoms with van der Waals surface area (Å²) < 4.78 is 63.8. The standard InChI is InChI=1S/C12H22O10S2/c1-3-19-11(13)9-21-23(15,16)7-5-6-8-24(17,18)22-10-12(14)20-4-2/h3-10H2,1-2H3. The number of hydrogen-bond donors (Lipinski definition) is 0. The molecule has 0 radical (unpaired) electrons. The van der Waals surface area contributed by atoms with Crippen molar-refractivity contribution >= 4 is 32.2 Å². The number of carbonyl (C=O) groups excluding carboxylic acids is 2. The van der Waals surface area contributed by atoms with E-state index in [1.807, 2.05) is 0 Å². The Bertz CT molecular complexity index is 539. The second-order valence-electron chi connectivity index (χ2n) is 4.37. The molecule has 24 heavy (non-hydrogen) atoms. The zero-order chi connectivity index (χ0) is 18.6. The molecule has 10 nitrogen and oxygen atoms in total. The summed E-state index contributed by atoms with van der Waals surface area (Å²) in [4.78, 5) is 22.0. The van der Waals surface area contributed by atoms with Gasteiger partial charge in [0.2, 0.25) is 0 Å². The van der Waals surface area contributed by atoms with Gasteiger partial charge in [0.05, 0.1) is 24.7 Å². The molecule has 142 valence electrons. The SMILES string of the molecule is CCOC(=O)COS(=O)(=O)CCCCS(=O)(=O)OCC(=O)OCC. The molecule has 0 unspecified atom stereocenters. The lowest BCUT2D eigenvalue weighted by atomic mass is 10.4. The molecule has 0 N–H and O–H groups in total. The predicted octanol–water partition coefficient (Wildman–Crippen LogP) is -0.414. The van der Waals surface area contributed by atoms with Crippen molar-refractivity contribution in [1.82, 2.24) is 0 Å². The van der Waals surface area contributed by atoms with Crippen LogP contribution in [0.1, 0.15) is 26.7 Å². The Morgan fingerprint density at radius 3 is 1.33 bits per heavy atom. The van der Waals surface area contributed by atoms with Crippen molar-refractivity contribution in [3.63, 3.8) is 0 Å². The van der Waals surface area contributed by atoms with Gasteiger partial charge in [-0.1, -0.05) is 0 Å². The molecule has 0 fully saturated rings. The molecule has 0 rings (SSSR count).